The highest BCUT2D eigenvalue weighted by molar-refractivity contribution is 5.94. The van der Waals surface area contributed by atoms with Gasteiger partial charge in [0.1, 0.15) is 12.5 Å². The second kappa shape index (κ2) is 11.9. The van der Waals surface area contributed by atoms with Crippen LogP contribution in [0, 0.1) is 26.6 Å². The molecule has 0 saturated heterocycles. The molecule has 2 nitrogen and oxygen atoms in total. The zero-order chi connectivity index (χ0) is 23.7. The van der Waals surface area contributed by atoms with Crippen molar-refractivity contribution in [2.24, 2.45) is 0 Å². The number of allylic oxidation sites excluding steroid dienone is 1. The normalized spacial score (nSPS) is 10.2. The second-order valence-electron chi connectivity index (χ2n) is 7.77. The third-order valence-electron chi connectivity index (χ3n) is 5.35. The molecule has 0 saturated carbocycles. The Hall–Kier alpha value is -3.27. The van der Waals surface area contributed by atoms with Crippen molar-refractivity contribution >= 4 is 5.91 Å². The Balaban J connectivity index is 0.000000837. The number of rotatable bonds is 6. The molecule has 0 aromatic heterocycles. The minimum Gasteiger partial charge on any atom is -0.348 e. The van der Waals surface area contributed by atoms with Gasteiger partial charge in [0.2, 0.25) is 0 Å². The fraction of sp³-hybridized carbons (Fsp3) is 0.250. The van der Waals surface area contributed by atoms with Gasteiger partial charge < -0.3 is 5.32 Å². The number of carbonyl (C=O) groups is 1. The van der Waals surface area contributed by atoms with E-state index in [1.54, 1.807) is 0 Å². The van der Waals surface area contributed by atoms with Crippen molar-refractivity contribution in [3.05, 3.63) is 106 Å². The summed E-state index contributed by atoms with van der Waals surface area (Å²) < 4.78 is 26.6. The Kier molecular flexibility index (Phi) is 9.33. The Morgan fingerprint density at radius 2 is 1.56 bits per heavy atom. The fourth-order valence-corrected chi connectivity index (χ4v) is 3.06. The van der Waals surface area contributed by atoms with Crippen molar-refractivity contribution in [3.63, 3.8) is 0 Å². The van der Waals surface area contributed by atoms with Crippen LogP contribution in [-0.2, 0) is 13.2 Å². The first-order chi connectivity index (χ1) is 15.3. The summed E-state index contributed by atoms with van der Waals surface area (Å²) in [5.74, 6) is -1.23. The number of hydrogen-bond donors (Lipinski definition) is 1. The van der Waals surface area contributed by atoms with E-state index >= 15 is 0 Å². The van der Waals surface area contributed by atoms with Gasteiger partial charge in [-0.05, 0) is 84.3 Å². The van der Waals surface area contributed by atoms with E-state index in [2.05, 4.69) is 56.9 Å². The van der Waals surface area contributed by atoms with Gasteiger partial charge in [0.25, 0.3) is 5.91 Å². The molecule has 0 bridgehead atoms. The molecule has 0 unspecified atom stereocenters. The topological polar surface area (TPSA) is 29.1 Å². The number of halogens is 2. The molecule has 168 valence electrons. The predicted octanol–water partition coefficient (Wildman–Crippen LogP) is 7.40. The lowest BCUT2D eigenvalue weighted by molar-refractivity contribution is 0.0946. The Labute approximate surface area is 190 Å². The maximum Gasteiger partial charge on any atom is 0.254 e. The Morgan fingerprint density at radius 1 is 0.938 bits per heavy atom. The number of hydrogen-bond acceptors (Lipinski definition) is 1. The van der Waals surface area contributed by atoms with E-state index in [0.29, 0.717) is 0 Å². The average molecular weight is 436 g/mol. The highest BCUT2D eigenvalue weighted by Gasteiger charge is 2.13. The number of benzene rings is 3. The lowest BCUT2D eigenvalue weighted by Crippen LogP contribution is -2.24. The molecule has 0 heterocycles. The van der Waals surface area contributed by atoms with E-state index in [0.717, 1.165) is 34.7 Å². The lowest BCUT2D eigenvalue weighted by atomic mass is 9.97. The third kappa shape index (κ3) is 6.61. The largest absolute Gasteiger partial charge is 0.348 e. The fourth-order valence-electron chi connectivity index (χ4n) is 3.06. The molecular weight excluding hydrogens is 404 g/mol. The van der Waals surface area contributed by atoms with Gasteiger partial charge in [-0.1, -0.05) is 49.4 Å². The molecule has 0 aliphatic heterocycles. The first-order valence-electron chi connectivity index (χ1n) is 10.7. The molecule has 0 spiro atoms. The molecule has 0 aliphatic rings. The molecule has 3 rings (SSSR count). The number of carbonyl (C=O) groups excluding carboxylic acids is 1. The van der Waals surface area contributed by atoms with Crippen LogP contribution in [0.2, 0.25) is 0 Å². The van der Waals surface area contributed by atoms with Gasteiger partial charge in [-0.2, -0.15) is 0 Å². The minimum absolute atomic E-state index is 0.0832. The van der Waals surface area contributed by atoms with E-state index in [-0.39, 0.29) is 17.7 Å². The van der Waals surface area contributed by atoms with Crippen molar-refractivity contribution in [2.45, 2.75) is 47.3 Å². The van der Waals surface area contributed by atoms with E-state index in [4.69, 9.17) is 0 Å². The van der Waals surface area contributed by atoms with Crippen LogP contribution in [0.4, 0.5) is 8.78 Å². The number of aryl methyl sites for hydroxylation is 3. The van der Waals surface area contributed by atoms with Crippen LogP contribution in [0.5, 0.6) is 0 Å². The van der Waals surface area contributed by atoms with Crippen molar-refractivity contribution < 1.29 is 13.6 Å². The summed E-state index contributed by atoms with van der Waals surface area (Å²) in [6.45, 7) is 11.2. The SMILES string of the molecule is C=CCC.Cc1ccc(-c2ccc(C)c(CNC(=O)c3ccc(CF)cc3F)c2)cc1C. The van der Waals surface area contributed by atoms with E-state index in [9.17, 15) is 13.6 Å². The Morgan fingerprint density at radius 3 is 2.12 bits per heavy atom. The van der Waals surface area contributed by atoms with Crippen LogP contribution in [-0.4, -0.2) is 5.91 Å². The standard InChI is InChI=1S/C24H23F2NO.C4H8/c1-15-4-7-19(10-17(15)3)20-8-5-16(2)21(12-20)14-27-24(28)22-9-6-18(13-25)11-23(22)26;1-3-4-2/h4-12H,13-14H2,1-3H3,(H,27,28);3H,1,4H2,2H3. The van der Waals surface area contributed by atoms with E-state index in [1.165, 1.54) is 23.3 Å². The summed E-state index contributed by atoms with van der Waals surface area (Å²) in [5, 5.41) is 2.76. The summed E-state index contributed by atoms with van der Waals surface area (Å²) in [6.07, 6.45) is 2.96. The molecule has 0 fully saturated rings. The maximum absolute atomic E-state index is 14.0. The molecule has 1 N–H and O–H groups in total. The average Bonchev–Trinajstić information content (AvgIpc) is 2.80. The lowest BCUT2D eigenvalue weighted by Gasteiger charge is -2.12. The molecule has 4 heteroatoms. The highest BCUT2D eigenvalue weighted by Crippen LogP contribution is 2.25. The van der Waals surface area contributed by atoms with Crippen LogP contribution < -0.4 is 5.32 Å². The first-order valence-corrected chi connectivity index (χ1v) is 10.7. The molecule has 0 atom stereocenters. The predicted molar refractivity (Wildman–Crippen MR) is 129 cm³/mol. The maximum atomic E-state index is 14.0. The number of nitrogens with one attached hydrogen (secondary N) is 1. The summed E-state index contributed by atoms with van der Waals surface area (Å²) in [7, 11) is 0. The third-order valence-corrected chi connectivity index (χ3v) is 5.35. The zero-order valence-corrected chi connectivity index (χ0v) is 19.3. The molecular formula is C28H31F2NO. The van der Waals surface area contributed by atoms with Crippen molar-refractivity contribution in [2.75, 3.05) is 0 Å². The van der Waals surface area contributed by atoms with Crippen molar-refractivity contribution in [1.29, 1.82) is 0 Å². The van der Waals surface area contributed by atoms with Gasteiger partial charge in [-0.15, -0.1) is 6.58 Å². The summed E-state index contributed by atoms with van der Waals surface area (Å²) in [4.78, 5) is 12.3. The molecule has 3 aromatic carbocycles. The molecule has 0 radical (unpaired) electrons. The first kappa shape index (κ1) is 25.0. The quantitative estimate of drug-likeness (QED) is 0.402. The van der Waals surface area contributed by atoms with Gasteiger partial charge in [0.15, 0.2) is 0 Å². The van der Waals surface area contributed by atoms with Crippen LogP contribution in [0.3, 0.4) is 0 Å². The van der Waals surface area contributed by atoms with Crippen LogP contribution >= 0.6 is 0 Å². The van der Waals surface area contributed by atoms with Gasteiger partial charge in [-0.25, -0.2) is 8.78 Å². The summed E-state index contributed by atoms with van der Waals surface area (Å²) in [5.41, 5.74) is 6.78. The Bertz CT molecular complexity index is 1090. The van der Waals surface area contributed by atoms with Gasteiger partial charge in [-0.3, -0.25) is 4.79 Å². The monoisotopic (exact) mass is 435 g/mol. The number of alkyl halides is 1. The van der Waals surface area contributed by atoms with Gasteiger partial charge in [0, 0.05) is 6.54 Å². The smallest absolute Gasteiger partial charge is 0.254 e. The molecule has 32 heavy (non-hydrogen) atoms. The summed E-state index contributed by atoms with van der Waals surface area (Å²) >= 11 is 0. The highest BCUT2D eigenvalue weighted by atomic mass is 19.1. The zero-order valence-electron chi connectivity index (χ0n) is 19.3. The minimum atomic E-state index is -0.761. The number of amides is 1. The van der Waals surface area contributed by atoms with E-state index < -0.39 is 18.4 Å². The van der Waals surface area contributed by atoms with Gasteiger partial charge in [0.05, 0.1) is 5.56 Å². The molecule has 1 amide bonds. The van der Waals surface area contributed by atoms with Crippen LogP contribution in [0.15, 0.2) is 67.3 Å². The summed E-state index contributed by atoms with van der Waals surface area (Å²) in [6, 6.07) is 16.2. The molecule has 3 aromatic rings. The molecule has 0 aliphatic carbocycles. The van der Waals surface area contributed by atoms with Crippen LogP contribution in [0.25, 0.3) is 11.1 Å². The van der Waals surface area contributed by atoms with Crippen molar-refractivity contribution in [1.82, 2.24) is 5.32 Å². The van der Waals surface area contributed by atoms with Crippen molar-refractivity contribution in [3.8, 4) is 11.1 Å². The second-order valence-corrected chi connectivity index (χ2v) is 7.77. The van der Waals surface area contributed by atoms with Gasteiger partial charge >= 0.3 is 0 Å². The van der Waals surface area contributed by atoms with E-state index in [1.807, 2.05) is 25.1 Å². The van der Waals surface area contributed by atoms with Crippen LogP contribution in [0.1, 0.15) is 51.5 Å².